The number of halogens is 2. The fourth-order valence-electron chi connectivity index (χ4n) is 3.65. The lowest BCUT2D eigenvalue weighted by Gasteiger charge is -2.28. The van der Waals surface area contributed by atoms with Crippen molar-refractivity contribution < 1.29 is 33.0 Å². The number of carbonyl (C=O) groups is 2. The number of morpholine rings is 1. The van der Waals surface area contributed by atoms with Crippen molar-refractivity contribution in [2.24, 2.45) is 5.73 Å². The first-order chi connectivity index (χ1) is 17.2. The van der Waals surface area contributed by atoms with Crippen LogP contribution in [0.1, 0.15) is 40.7 Å². The average molecular weight is 528 g/mol. The molecule has 1 atom stereocenters. The van der Waals surface area contributed by atoms with E-state index in [4.69, 9.17) is 15.2 Å². The molecular weight excluding hydrogens is 496 g/mol. The number of amides is 3. The van der Waals surface area contributed by atoms with E-state index in [1.54, 1.807) is 0 Å². The Morgan fingerprint density at radius 1 is 1.28 bits per heavy atom. The SMILES string of the molecule is Cc1cc(F)c(COc2nsc(NC(=O)NCCCCC(O)CN3CCOCC3)c2C(N)=O)cc1F. The Balaban J connectivity index is 1.43. The van der Waals surface area contributed by atoms with Crippen LogP contribution >= 0.6 is 11.5 Å². The largest absolute Gasteiger partial charge is 0.471 e. The molecule has 1 aromatic heterocycles. The summed E-state index contributed by atoms with van der Waals surface area (Å²) in [5.41, 5.74) is 5.37. The highest BCUT2D eigenvalue weighted by atomic mass is 32.1. The summed E-state index contributed by atoms with van der Waals surface area (Å²) in [6.07, 6.45) is 1.57. The Morgan fingerprint density at radius 2 is 2.03 bits per heavy atom. The number of hydrogen-bond acceptors (Lipinski definition) is 8. The number of hydrogen-bond donors (Lipinski definition) is 4. The van der Waals surface area contributed by atoms with Gasteiger partial charge in [-0.3, -0.25) is 15.0 Å². The van der Waals surface area contributed by atoms with E-state index in [0.717, 1.165) is 43.2 Å². The van der Waals surface area contributed by atoms with Crippen LogP contribution in [-0.4, -0.2) is 71.8 Å². The molecule has 5 N–H and O–H groups in total. The molecule has 1 fully saturated rings. The van der Waals surface area contributed by atoms with Crippen molar-refractivity contribution in [1.82, 2.24) is 14.6 Å². The number of carbonyl (C=O) groups excluding carboxylic acids is 2. The van der Waals surface area contributed by atoms with Gasteiger partial charge in [0.05, 0.1) is 19.3 Å². The van der Waals surface area contributed by atoms with Crippen LogP contribution in [0.2, 0.25) is 0 Å². The quantitative estimate of drug-likeness (QED) is 0.311. The molecule has 1 aliphatic rings. The number of rotatable bonds is 12. The van der Waals surface area contributed by atoms with Gasteiger partial charge in [-0.2, -0.15) is 4.37 Å². The van der Waals surface area contributed by atoms with Crippen LogP contribution in [0.5, 0.6) is 5.88 Å². The standard InChI is InChI=1S/C23H31F2N5O5S/c1-14-10-18(25)15(11-17(14)24)13-35-21-19(20(26)32)22(36-29-21)28-23(33)27-5-3-2-4-16(31)12-30-6-8-34-9-7-30/h10-11,16,31H,2-9,12-13H2,1H3,(H2,26,32)(H2,27,28,33). The van der Waals surface area contributed by atoms with Crippen LogP contribution in [0.15, 0.2) is 12.1 Å². The topological polar surface area (TPSA) is 139 Å². The molecule has 36 heavy (non-hydrogen) atoms. The minimum absolute atomic E-state index is 0.0520. The first kappa shape index (κ1) is 27.7. The van der Waals surface area contributed by atoms with Crippen molar-refractivity contribution >= 4 is 28.5 Å². The van der Waals surface area contributed by atoms with Gasteiger partial charge in [0.2, 0.25) is 5.88 Å². The van der Waals surface area contributed by atoms with Gasteiger partial charge in [-0.05, 0) is 55.4 Å². The van der Waals surface area contributed by atoms with Gasteiger partial charge in [0.25, 0.3) is 5.91 Å². The van der Waals surface area contributed by atoms with Gasteiger partial charge in [0.1, 0.15) is 28.8 Å². The molecule has 1 aromatic carbocycles. The molecule has 1 aliphatic heterocycles. The normalized spacial score (nSPS) is 14.9. The average Bonchev–Trinajstić information content (AvgIpc) is 3.23. The highest BCUT2D eigenvalue weighted by Crippen LogP contribution is 2.31. The summed E-state index contributed by atoms with van der Waals surface area (Å²) in [5, 5.41) is 15.4. The van der Waals surface area contributed by atoms with Crippen LogP contribution in [0.25, 0.3) is 0 Å². The zero-order valence-corrected chi connectivity index (χ0v) is 20.8. The van der Waals surface area contributed by atoms with E-state index in [1.807, 2.05) is 0 Å². The van der Waals surface area contributed by atoms with Crippen molar-refractivity contribution in [1.29, 1.82) is 0 Å². The maximum atomic E-state index is 14.1. The van der Waals surface area contributed by atoms with Gasteiger partial charge in [-0.1, -0.05) is 0 Å². The summed E-state index contributed by atoms with van der Waals surface area (Å²) < 4.78 is 42.5. The van der Waals surface area contributed by atoms with Gasteiger partial charge in [0, 0.05) is 31.7 Å². The summed E-state index contributed by atoms with van der Waals surface area (Å²) >= 11 is 0.780. The van der Waals surface area contributed by atoms with Crippen molar-refractivity contribution in [3.05, 3.63) is 40.5 Å². The maximum Gasteiger partial charge on any atom is 0.319 e. The Hall–Kier alpha value is -2.87. The van der Waals surface area contributed by atoms with Gasteiger partial charge in [0.15, 0.2) is 0 Å². The van der Waals surface area contributed by atoms with Crippen LogP contribution in [-0.2, 0) is 11.3 Å². The number of nitrogens with two attached hydrogens (primary N) is 1. The summed E-state index contributed by atoms with van der Waals surface area (Å²) in [6, 6.07) is 1.50. The lowest BCUT2D eigenvalue weighted by atomic mass is 10.1. The maximum absolute atomic E-state index is 14.1. The number of aryl methyl sites for hydroxylation is 1. The number of aromatic nitrogens is 1. The number of nitrogens with zero attached hydrogens (tertiary/aromatic N) is 2. The minimum atomic E-state index is -0.890. The number of nitrogens with one attached hydrogen (secondary N) is 2. The van der Waals surface area contributed by atoms with E-state index < -0.39 is 29.7 Å². The molecule has 3 rings (SSSR count). The van der Waals surface area contributed by atoms with Gasteiger partial charge >= 0.3 is 6.03 Å². The number of aliphatic hydroxyl groups excluding tert-OH is 1. The number of benzene rings is 1. The fourth-order valence-corrected chi connectivity index (χ4v) is 4.38. The third-order valence-electron chi connectivity index (χ3n) is 5.65. The monoisotopic (exact) mass is 527 g/mol. The Morgan fingerprint density at radius 3 is 2.75 bits per heavy atom. The van der Waals surface area contributed by atoms with E-state index >= 15 is 0 Å². The molecule has 0 spiro atoms. The molecule has 0 saturated carbocycles. The van der Waals surface area contributed by atoms with Gasteiger partial charge < -0.3 is 25.6 Å². The molecule has 1 unspecified atom stereocenters. The third kappa shape index (κ3) is 8.08. The Bertz CT molecular complexity index is 1050. The molecule has 2 heterocycles. The number of anilines is 1. The Labute approximate surface area is 211 Å². The second kappa shape index (κ2) is 13.4. The predicted octanol–water partition coefficient (Wildman–Crippen LogP) is 2.39. The van der Waals surface area contributed by atoms with Crippen LogP contribution in [0, 0.1) is 18.6 Å². The van der Waals surface area contributed by atoms with Crippen molar-refractivity contribution in [2.45, 2.75) is 38.9 Å². The molecular formula is C23H31F2N5O5S. The molecule has 13 heteroatoms. The predicted molar refractivity (Wildman–Crippen MR) is 130 cm³/mol. The fraction of sp³-hybridized carbons (Fsp3) is 0.522. The Kier molecular flexibility index (Phi) is 10.3. The first-order valence-corrected chi connectivity index (χ1v) is 12.4. The molecule has 198 valence electrons. The molecule has 3 amide bonds. The summed E-state index contributed by atoms with van der Waals surface area (Å²) in [6.45, 7) is 5.03. The van der Waals surface area contributed by atoms with Crippen LogP contribution in [0.4, 0.5) is 18.6 Å². The molecule has 0 radical (unpaired) electrons. The van der Waals surface area contributed by atoms with Crippen molar-refractivity contribution in [2.75, 3.05) is 44.7 Å². The highest BCUT2D eigenvalue weighted by Gasteiger charge is 2.22. The van der Waals surface area contributed by atoms with Gasteiger partial charge in [-0.15, -0.1) is 0 Å². The van der Waals surface area contributed by atoms with Crippen molar-refractivity contribution in [3.63, 3.8) is 0 Å². The molecule has 0 bridgehead atoms. The summed E-state index contributed by atoms with van der Waals surface area (Å²) in [4.78, 5) is 26.4. The third-order valence-corrected chi connectivity index (χ3v) is 6.39. The first-order valence-electron chi connectivity index (χ1n) is 11.6. The van der Waals surface area contributed by atoms with Crippen LogP contribution in [0.3, 0.4) is 0 Å². The van der Waals surface area contributed by atoms with E-state index in [0.29, 0.717) is 39.1 Å². The number of aliphatic hydroxyl groups is 1. The molecule has 10 nitrogen and oxygen atoms in total. The lowest BCUT2D eigenvalue weighted by Crippen LogP contribution is -2.40. The number of primary amides is 1. The van der Waals surface area contributed by atoms with E-state index in [1.165, 1.54) is 6.92 Å². The second-order valence-corrected chi connectivity index (χ2v) is 9.25. The molecule has 1 saturated heterocycles. The zero-order valence-electron chi connectivity index (χ0n) is 20.0. The number of urea groups is 1. The molecule has 2 aromatic rings. The lowest BCUT2D eigenvalue weighted by molar-refractivity contribution is 0.0128. The number of unbranched alkanes of at least 4 members (excludes halogenated alkanes) is 1. The zero-order chi connectivity index (χ0) is 26.1. The molecule has 0 aliphatic carbocycles. The van der Waals surface area contributed by atoms with E-state index in [-0.39, 0.29) is 34.2 Å². The summed E-state index contributed by atoms with van der Waals surface area (Å²) in [7, 11) is 0. The van der Waals surface area contributed by atoms with Gasteiger partial charge in [-0.25, -0.2) is 13.6 Å². The van der Waals surface area contributed by atoms with E-state index in [9.17, 15) is 23.5 Å². The van der Waals surface area contributed by atoms with Crippen LogP contribution < -0.4 is 21.1 Å². The number of β-amino-alcohol motifs (C(OH)–C–C–N with tert-alkyl or cyclic N) is 1. The van der Waals surface area contributed by atoms with Crippen molar-refractivity contribution in [3.8, 4) is 5.88 Å². The van der Waals surface area contributed by atoms with E-state index in [2.05, 4.69) is 19.9 Å². The highest BCUT2D eigenvalue weighted by molar-refractivity contribution is 7.11. The number of ether oxygens (including phenoxy) is 2. The smallest absolute Gasteiger partial charge is 0.319 e. The minimum Gasteiger partial charge on any atom is -0.471 e. The second-order valence-electron chi connectivity index (χ2n) is 8.48. The summed E-state index contributed by atoms with van der Waals surface area (Å²) in [5.74, 6) is -2.32.